The highest BCUT2D eigenvalue weighted by molar-refractivity contribution is 6.09. The fraction of sp³-hybridized carbons (Fsp3) is 0.130. The van der Waals surface area contributed by atoms with Gasteiger partial charge in [0.2, 0.25) is 0 Å². The van der Waals surface area contributed by atoms with Crippen LogP contribution in [0, 0.1) is 25.2 Å². The molecule has 1 N–H and O–H groups in total. The fourth-order valence-electron chi connectivity index (χ4n) is 2.74. The molecule has 0 unspecified atom stereocenters. The van der Waals surface area contributed by atoms with Gasteiger partial charge < -0.3 is 9.73 Å². The van der Waals surface area contributed by atoms with Crippen LogP contribution < -0.4 is 5.32 Å². The van der Waals surface area contributed by atoms with Crippen LogP contribution >= 0.6 is 0 Å². The fourth-order valence-corrected chi connectivity index (χ4v) is 2.74. The summed E-state index contributed by atoms with van der Waals surface area (Å²) in [5.41, 5.74) is 1.86. The van der Waals surface area contributed by atoms with Crippen molar-refractivity contribution in [2.45, 2.75) is 20.0 Å². The van der Waals surface area contributed by atoms with E-state index in [1.54, 1.807) is 12.1 Å². The number of amides is 1. The third kappa shape index (κ3) is 4.78. The first-order valence-electron chi connectivity index (χ1n) is 8.95. The molecule has 2 aromatic carbocycles. The van der Waals surface area contributed by atoms with Crippen molar-refractivity contribution in [1.29, 1.82) is 5.26 Å². The van der Waals surface area contributed by atoms with Gasteiger partial charge in [0.1, 0.15) is 23.2 Å². The molecule has 1 heterocycles. The Labute approximate surface area is 171 Å². The summed E-state index contributed by atoms with van der Waals surface area (Å²) in [7, 11) is 0. The van der Waals surface area contributed by atoms with Gasteiger partial charge in [-0.2, -0.15) is 18.4 Å². The number of halogens is 3. The quantitative estimate of drug-likeness (QED) is 0.416. The average molecular weight is 410 g/mol. The van der Waals surface area contributed by atoms with Crippen LogP contribution in [-0.2, 0) is 11.0 Å². The van der Waals surface area contributed by atoms with Crippen molar-refractivity contribution < 1.29 is 22.4 Å². The SMILES string of the molecule is Cc1ccc(NC(=O)/C(C#N)=C/c2ccc(-c3cccc(C(F)(F)F)c3)o2)cc1C. The van der Waals surface area contributed by atoms with Gasteiger partial charge in [-0.05, 0) is 61.4 Å². The number of anilines is 1. The Balaban J connectivity index is 1.82. The lowest BCUT2D eigenvalue weighted by Gasteiger charge is -2.07. The number of aryl methyl sites for hydroxylation is 2. The summed E-state index contributed by atoms with van der Waals surface area (Å²) in [4.78, 5) is 12.4. The molecule has 1 aromatic heterocycles. The first-order chi connectivity index (χ1) is 14.2. The van der Waals surface area contributed by atoms with Crippen molar-refractivity contribution in [3.63, 3.8) is 0 Å². The first-order valence-corrected chi connectivity index (χ1v) is 8.95. The minimum absolute atomic E-state index is 0.175. The van der Waals surface area contributed by atoms with Crippen LogP contribution in [0.4, 0.5) is 18.9 Å². The van der Waals surface area contributed by atoms with Crippen LogP contribution in [0.15, 0.2) is 64.6 Å². The topological polar surface area (TPSA) is 66.0 Å². The number of carbonyl (C=O) groups is 1. The van der Waals surface area contributed by atoms with Crippen LogP contribution in [-0.4, -0.2) is 5.91 Å². The lowest BCUT2D eigenvalue weighted by molar-refractivity contribution is -0.137. The zero-order chi connectivity index (χ0) is 21.9. The zero-order valence-electron chi connectivity index (χ0n) is 16.2. The second kappa shape index (κ2) is 8.29. The molecular formula is C23H17F3N2O2. The van der Waals surface area contributed by atoms with Crippen molar-refractivity contribution >= 4 is 17.7 Å². The zero-order valence-corrected chi connectivity index (χ0v) is 16.2. The van der Waals surface area contributed by atoms with Crippen LogP contribution in [0.2, 0.25) is 0 Å². The van der Waals surface area contributed by atoms with Crippen LogP contribution in [0.3, 0.4) is 0 Å². The molecule has 3 aromatic rings. The molecule has 0 aliphatic rings. The summed E-state index contributed by atoms with van der Waals surface area (Å²) < 4.78 is 44.2. The Morgan fingerprint density at radius 1 is 1.07 bits per heavy atom. The monoisotopic (exact) mass is 410 g/mol. The standard InChI is InChI=1S/C23H17F3N2O2/c1-14-6-7-19(10-15(14)2)28-22(29)17(13-27)12-20-8-9-21(30-20)16-4-3-5-18(11-16)23(24,25)26/h3-12H,1-2H3,(H,28,29)/b17-12+. The number of furan rings is 1. The smallest absolute Gasteiger partial charge is 0.416 e. The van der Waals surface area contributed by atoms with E-state index in [2.05, 4.69) is 5.32 Å². The second-order valence-electron chi connectivity index (χ2n) is 6.70. The summed E-state index contributed by atoms with van der Waals surface area (Å²) in [6.45, 7) is 3.85. The van der Waals surface area contributed by atoms with Crippen molar-refractivity contribution in [2.75, 3.05) is 5.32 Å². The van der Waals surface area contributed by atoms with Gasteiger partial charge in [-0.15, -0.1) is 0 Å². The van der Waals surface area contributed by atoms with E-state index in [0.29, 0.717) is 5.69 Å². The lowest BCUT2D eigenvalue weighted by Crippen LogP contribution is -2.13. The number of nitrogens with one attached hydrogen (secondary N) is 1. The van der Waals surface area contributed by atoms with Gasteiger partial charge in [-0.25, -0.2) is 0 Å². The molecule has 0 aliphatic carbocycles. The predicted molar refractivity (Wildman–Crippen MR) is 107 cm³/mol. The van der Waals surface area contributed by atoms with E-state index in [1.165, 1.54) is 30.3 Å². The normalized spacial score (nSPS) is 11.8. The number of rotatable bonds is 4. The third-order valence-electron chi connectivity index (χ3n) is 4.52. The highest BCUT2D eigenvalue weighted by atomic mass is 19.4. The number of benzene rings is 2. The Hall–Kier alpha value is -3.79. The Morgan fingerprint density at radius 2 is 1.83 bits per heavy atom. The average Bonchev–Trinajstić information content (AvgIpc) is 3.17. The molecule has 0 spiro atoms. The molecule has 7 heteroatoms. The molecule has 0 aliphatic heterocycles. The molecule has 1 amide bonds. The molecule has 30 heavy (non-hydrogen) atoms. The minimum atomic E-state index is -4.47. The van der Waals surface area contributed by atoms with Gasteiger partial charge >= 0.3 is 6.18 Å². The summed E-state index contributed by atoms with van der Waals surface area (Å²) in [5, 5.41) is 12.0. The van der Waals surface area contributed by atoms with Crippen molar-refractivity contribution in [3.05, 3.63) is 82.6 Å². The highest BCUT2D eigenvalue weighted by Gasteiger charge is 2.30. The van der Waals surface area contributed by atoms with Gasteiger partial charge in [0, 0.05) is 17.3 Å². The maximum atomic E-state index is 12.9. The molecule has 0 atom stereocenters. The number of nitriles is 1. The van der Waals surface area contributed by atoms with Gasteiger partial charge in [-0.3, -0.25) is 4.79 Å². The Morgan fingerprint density at radius 3 is 2.50 bits per heavy atom. The molecule has 3 rings (SSSR count). The maximum Gasteiger partial charge on any atom is 0.416 e. The number of hydrogen-bond donors (Lipinski definition) is 1. The van der Waals surface area contributed by atoms with Crippen LogP contribution in [0.5, 0.6) is 0 Å². The van der Waals surface area contributed by atoms with E-state index in [1.807, 2.05) is 26.0 Å². The van der Waals surface area contributed by atoms with Gasteiger partial charge in [0.25, 0.3) is 5.91 Å². The third-order valence-corrected chi connectivity index (χ3v) is 4.52. The Bertz CT molecular complexity index is 1170. The predicted octanol–water partition coefficient (Wildman–Crippen LogP) is 6.13. The van der Waals surface area contributed by atoms with Gasteiger partial charge in [0.05, 0.1) is 5.56 Å². The molecule has 0 saturated carbocycles. The van der Waals surface area contributed by atoms with E-state index < -0.39 is 17.6 Å². The Kier molecular flexibility index (Phi) is 5.79. The molecule has 0 fully saturated rings. The van der Waals surface area contributed by atoms with E-state index in [0.717, 1.165) is 23.3 Å². The molecule has 0 saturated heterocycles. The number of hydrogen-bond acceptors (Lipinski definition) is 3. The highest BCUT2D eigenvalue weighted by Crippen LogP contribution is 2.32. The molecule has 4 nitrogen and oxygen atoms in total. The minimum Gasteiger partial charge on any atom is -0.457 e. The lowest BCUT2D eigenvalue weighted by atomic mass is 10.1. The second-order valence-corrected chi connectivity index (χ2v) is 6.70. The molecule has 0 bridgehead atoms. The maximum absolute atomic E-state index is 12.9. The molecule has 152 valence electrons. The van der Waals surface area contributed by atoms with Crippen molar-refractivity contribution in [2.24, 2.45) is 0 Å². The van der Waals surface area contributed by atoms with E-state index in [-0.39, 0.29) is 22.7 Å². The van der Waals surface area contributed by atoms with Crippen LogP contribution in [0.25, 0.3) is 17.4 Å². The van der Waals surface area contributed by atoms with E-state index >= 15 is 0 Å². The van der Waals surface area contributed by atoms with Crippen LogP contribution in [0.1, 0.15) is 22.5 Å². The summed E-state index contributed by atoms with van der Waals surface area (Å²) >= 11 is 0. The summed E-state index contributed by atoms with van der Waals surface area (Å²) in [6, 6.07) is 14.9. The largest absolute Gasteiger partial charge is 0.457 e. The molecule has 0 radical (unpaired) electrons. The van der Waals surface area contributed by atoms with Gasteiger partial charge in [-0.1, -0.05) is 18.2 Å². The summed E-state index contributed by atoms with van der Waals surface area (Å²) in [6.07, 6.45) is -3.22. The number of carbonyl (C=O) groups excluding carboxylic acids is 1. The first kappa shape index (κ1) is 20.9. The molecular weight excluding hydrogens is 393 g/mol. The van der Waals surface area contributed by atoms with Gasteiger partial charge in [0.15, 0.2) is 0 Å². The number of nitrogens with zero attached hydrogens (tertiary/aromatic N) is 1. The van der Waals surface area contributed by atoms with E-state index in [4.69, 9.17) is 4.42 Å². The van der Waals surface area contributed by atoms with Crippen molar-refractivity contribution in [3.8, 4) is 17.4 Å². The number of alkyl halides is 3. The van der Waals surface area contributed by atoms with E-state index in [9.17, 15) is 23.2 Å². The summed E-state index contributed by atoms with van der Waals surface area (Å²) in [5.74, 6) is -0.244. The van der Waals surface area contributed by atoms with Crippen molar-refractivity contribution in [1.82, 2.24) is 0 Å².